The number of aromatic hydroxyl groups is 1. The molecule has 0 atom stereocenters. The summed E-state index contributed by atoms with van der Waals surface area (Å²) in [5, 5.41) is 11.4. The van der Waals surface area contributed by atoms with Gasteiger partial charge in [0.25, 0.3) is 0 Å². The van der Waals surface area contributed by atoms with Crippen molar-refractivity contribution >= 4 is 17.3 Å². The average Bonchev–Trinajstić information content (AvgIpc) is 2.78. The summed E-state index contributed by atoms with van der Waals surface area (Å²) in [6.07, 6.45) is 1.59. The highest BCUT2D eigenvalue weighted by atomic mass is 32.1. The second kappa shape index (κ2) is 4.32. The Morgan fingerprint density at radius 3 is 3.06 bits per heavy atom. The molecule has 0 bridgehead atoms. The molecule has 0 aliphatic heterocycles. The van der Waals surface area contributed by atoms with E-state index >= 15 is 0 Å². The first-order chi connectivity index (χ1) is 7.72. The van der Waals surface area contributed by atoms with Crippen LogP contribution in [0.25, 0.3) is 11.3 Å². The number of rotatable bonds is 2. The lowest BCUT2D eigenvalue weighted by Crippen LogP contribution is -1.96. The Balaban J connectivity index is 2.39. The molecule has 0 aliphatic carbocycles. The number of methoxy groups -OCH3 is 1. The summed E-state index contributed by atoms with van der Waals surface area (Å²) in [6.45, 7) is 0. The van der Waals surface area contributed by atoms with Crippen molar-refractivity contribution in [1.29, 1.82) is 0 Å². The van der Waals surface area contributed by atoms with E-state index in [9.17, 15) is 9.90 Å². The minimum atomic E-state index is -0.383. The Labute approximate surface area is 96.1 Å². The summed E-state index contributed by atoms with van der Waals surface area (Å²) in [4.78, 5) is 15.8. The monoisotopic (exact) mass is 235 g/mol. The Kier molecular flexibility index (Phi) is 2.87. The van der Waals surface area contributed by atoms with Crippen molar-refractivity contribution in [1.82, 2.24) is 4.98 Å². The molecule has 0 unspecified atom stereocenters. The van der Waals surface area contributed by atoms with Gasteiger partial charge >= 0.3 is 5.97 Å². The zero-order chi connectivity index (χ0) is 11.5. The van der Waals surface area contributed by atoms with Gasteiger partial charge in [-0.2, -0.15) is 0 Å². The van der Waals surface area contributed by atoms with Gasteiger partial charge in [-0.25, -0.2) is 4.79 Å². The van der Waals surface area contributed by atoms with Crippen LogP contribution in [0.3, 0.4) is 0 Å². The fourth-order valence-corrected chi connectivity index (χ4v) is 2.10. The summed E-state index contributed by atoms with van der Waals surface area (Å²) >= 11 is 1.26. The molecule has 0 fully saturated rings. The third-order valence-electron chi connectivity index (χ3n) is 2.05. The smallest absolute Gasteiger partial charge is 0.348 e. The summed E-state index contributed by atoms with van der Waals surface area (Å²) in [6, 6.07) is 4.85. The van der Waals surface area contributed by atoms with E-state index in [1.807, 2.05) is 0 Å². The molecule has 0 saturated carbocycles. The minimum absolute atomic E-state index is 0.0942. The Hall–Kier alpha value is -1.88. The maximum Gasteiger partial charge on any atom is 0.348 e. The van der Waals surface area contributed by atoms with Crippen molar-refractivity contribution in [3.63, 3.8) is 0 Å². The molecule has 0 spiro atoms. The molecule has 4 nitrogen and oxygen atoms in total. The molecule has 2 heterocycles. The third-order valence-corrected chi connectivity index (χ3v) is 2.96. The van der Waals surface area contributed by atoms with Crippen LogP contribution in [0.5, 0.6) is 5.75 Å². The van der Waals surface area contributed by atoms with Crippen LogP contribution in [-0.2, 0) is 4.74 Å². The summed E-state index contributed by atoms with van der Waals surface area (Å²) in [7, 11) is 1.33. The molecule has 0 saturated heterocycles. The molecule has 82 valence electrons. The van der Waals surface area contributed by atoms with Gasteiger partial charge in [0.1, 0.15) is 16.3 Å². The molecule has 0 aliphatic rings. The summed E-state index contributed by atoms with van der Waals surface area (Å²) in [5.74, 6) is -0.289. The van der Waals surface area contributed by atoms with E-state index in [-0.39, 0.29) is 11.7 Å². The largest absolute Gasteiger partial charge is 0.506 e. The van der Waals surface area contributed by atoms with Crippen molar-refractivity contribution in [2.24, 2.45) is 0 Å². The van der Waals surface area contributed by atoms with Gasteiger partial charge in [0, 0.05) is 17.1 Å². The maximum atomic E-state index is 11.2. The van der Waals surface area contributed by atoms with Crippen LogP contribution in [0.4, 0.5) is 0 Å². The topological polar surface area (TPSA) is 59.4 Å². The minimum Gasteiger partial charge on any atom is -0.506 e. The number of thiophene rings is 1. The summed E-state index contributed by atoms with van der Waals surface area (Å²) < 4.78 is 4.60. The fraction of sp³-hybridized carbons (Fsp3) is 0.0909. The Bertz CT molecular complexity index is 521. The van der Waals surface area contributed by atoms with Gasteiger partial charge in [0.05, 0.1) is 7.11 Å². The van der Waals surface area contributed by atoms with E-state index in [1.54, 1.807) is 29.8 Å². The highest BCUT2D eigenvalue weighted by Gasteiger charge is 2.12. The van der Waals surface area contributed by atoms with Gasteiger partial charge in [0.15, 0.2) is 0 Å². The number of carbonyl (C=O) groups excluding carboxylic acids is 1. The molecule has 5 heteroatoms. The second-order valence-corrected chi connectivity index (χ2v) is 3.97. The van der Waals surface area contributed by atoms with E-state index in [0.29, 0.717) is 16.1 Å². The molecule has 2 rings (SSSR count). The number of esters is 1. The first-order valence-corrected chi connectivity index (χ1v) is 5.41. The fourth-order valence-electron chi connectivity index (χ4n) is 1.29. The van der Waals surface area contributed by atoms with E-state index < -0.39 is 0 Å². The normalized spacial score (nSPS) is 10.1. The molecule has 1 N–H and O–H groups in total. The van der Waals surface area contributed by atoms with E-state index in [0.717, 1.165) is 0 Å². The van der Waals surface area contributed by atoms with E-state index in [4.69, 9.17) is 0 Å². The van der Waals surface area contributed by atoms with Crippen LogP contribution in [0.1, 0.15) is 9.67 Å². The molecule has 0 radical (unpaired) electrons. The SMILES string of the molecule is COC(=O)c1cc(-c2ncccc2O)cs1. The molecular formula is C11H9NO3S. The zero-order valence-corrected chi connectivity index (χ0v) is 9.32. The Morgan fingerprint density at radius 1 is 1.56 bits per heavy atom. The van der Waals surface area contributed by atoms with Gasteiger partial charge < -0.3 is 9.84 Å². The van der Waals surface area contributed by atoms with Gasteiger partial charge in [-0.15, -0.1) is 11.3 Å². The number of hydrogen-bond acceptors (Lipinski definition) is 5. The lowest BCUT2D eigenvalue weighted by Gasteiger charge is -1.98. The lowest BCUT2D eigenvalue weighted by molar-refractivity contribution is 0.0606. The summed E-state index contributed by atoms with van der Waals surface area (Å²) in [5.41, 5.74) is 1.18. The van der Waals surface area contributed by atoms with Crippen LogP contribution >= 0.6 is 11.3 Å². The number of nitrogens with zero attached hydrogens (tertiary/aromatic N) is 1. The number of pyridine rings is 1. The average molecular weight is 235 g/mol. The van der Waals surface area contributed by atoms with Gasteiger partial charge in [0.2, 0.25) is 0 Å². The zero-order valence-electron chi connectivity index (χ0n) is 8.51. The molecule has 0 aromatic carbocycles. The number of hydrogen-bond donors (Lipinski definition) is 1. The van der Waals surface area contributed by atoms with Crippen LogP contribution < -0.4 is 0 Å². The van der Waals surface area contributed by atoms with Gasteiger partial charge in [-0.1, -0.05) is 0 Å². The number of ether oxygens (including phenoxy) is 1. The first kappa shape index (κ1) is 10.6. The van der Waals surface area contributed by atoms with Crippen molar-refractivity contribution in [3.05, 3.63) is 34.7 Å². The van der Waals surface area contributed by atoms with Crippen LogP contribution in [0.15, 0.2) is 29.8 Å². The van der Waals surface area contributed by atoms with Crippen molar-refractivity contribution < 1.29 is 14.6 Å². The predicted octanol–water partition coefficient (Wildman–Crippen LogP) is 2.30. The highest BCUT2D eigenvalue weighted by molar-refractivity contribution is 7.12. The standard InChI is InChI=1S/C11H9NO3S/c1-15-11(14)9-5-7(6-16-9)10-8(13)3-2-4-12-10/h2-6,13H,1H3. The molecule has 0 amide bonds. The number of aromatic nitrogens is 1. The first-order valence-electron chi connectivity index (χ1n) is 4.53. The van der Waals surface area contributed by atoms with Crippen LogP contribution in [-0.4, -0.2) is 23.2 Å². The van der Waals surface area contributed by atoms with Crippen LogP contribution in [0.2, 0.25) is 0 Å². The van der Waals surface area contributed by atoms with E-state index in [2.05, 4.69) is 9.72 Å². The lowest BCUT2D eigenvalue weighted by atomic mass is 10.2. The molecular weight excluding hydrogens is 226 g/mol. The van der Waals surface area contributed by atoms with Crippen molar-refractivity contribution in [2.75, 3.05) is 7.11 Å². The maximum absolute atomic E-state index is 11.2. The van der Waals surface area contributed by atoms with Crippen molar-refractivity contribution in [2.45, 2.75) is 0 Å². The van der Waals surface area contributed by atoms with Crippen molar-refractivity contribution in [3.8, 4) is 17.0 Å². The molecule has 16 heavy (non-hydrogen) atoms. The van der Waals surface area contributed by atoms with Gasteiger partial charge in [-0.05, 0) is 18.2 Å². The van der Waals surface area contributed by atoms with Crippen LogP contribution in [0, 0.1) is 0 Å². The van der Waals surface area contributed by atoms with E-state index in [1.165, 1.54) is 18.4 Å². The predicted molar refractivity (Wildman–Crippen MR) is 60.6 cm³/mol. The quantitative estimate of drug-likeness (QED) is 0.811. The Morgan fingerprint density at radius 2 is 2.38 bits per heavy atom. The molecule has 2 aromatic rings. The second-order valence-electron chi connectivity index (χ2n) is 3.06. The van der Waals surface area contributed by atoms with Gasteiger partial charge in [-0.3, -0.25) is 4.98 Å². The molecule has 2 aromatic heterocycles. The third kappa shape index (κ3) is 1.90. The number of carbonyl (C=O) groups is 1. The highest BCUT2D eigenvalue weighted by Crippen LogP contribution is 2.30.